The van der Waals surface area contributed by atoms with Crippen LogP contribution in [0.25, 0.3) is 0 Å². The molecule has 1 heterocycles. The molecule has 3 nitrogen and oxygen atoms in total. The van der Waals surface area contributed by atoms with Crippen LogP contribution in [0.3, 0.4) is 0 Å². The summed E-state index contributed by atoms with van der Waals surface area (Å²) in [5.41, 5.74) is 2.74. The van der Waals surface area contributed by atoms with E-state index < -0.39 is 20.8 Å². The Morgan fingerprint density at radius 1 is 1.27 bits per heavy atom. The van der Waals surface area contributed by atoms with Crippen molar-refractivity contribution in [2.24, 2.45) is 0 Å². The number of benzene rings is 1. The topological polar surface area (TPSA) is 43.4 Å². The molecular weight excluding hydrogens is 232 g/mol. The molecule has 0 amide bonds. The van der Waals surface area contributed by atoms with Gasteiger partial charge in [0.2, 0.25) is 0 Å². The highest BCUT2D eigenvalue weighted by molar-refractivity contribution is 7.02. The Morgan fingerprint density at radius 3 is 2.53 bits per heavy atom. The minimum absolute atomic E-state index is 0.367. The molecule has 0 saturated heterocycles. The van der Waals surface area contributed by atoms with E-state index >= 15 is 0 Å². The van der Waals surface area contributed by atoms with Crippen LogP contribution in [0.1, 0.15) is 31.8 Å². The molecule has 1 aliphatic rings. The molecule has 15 heavy (non-hydrogen) atoms. The molecule has 0 bridgehead atoms. The Bertz CT molecular complexity index is 482. The molecule has 0 unspecified atom stereocenters. The second-order valence-corrected chi connectivity index (χ2v) is 5.31. The summed E-state index contributed by atoms with van der Waals surface area (Å²) in [6.45, 7) is 3.81. The zero-order chi connectivity index (χ0) is 11.2. The van der Waals surface area contributed by atoms with E-state index in [9.17, 15) is 9.59 Å². The first-order chi connectivity index (χ1) is 7.06. The predicted molar refractivity (Wildman–Crippen MR) is 59.7 cm³/mol. The second kappa shape index (κ2) is 3.47. The van der Waals surface area contributed by atoms with Gasteiger partial charge in [-0.2, -0.15) is 11.1 Å². The molecule has 0 aromatic heterocycles. The fourth-order valence-corrected chi connectivity index (χ4v) is 3.69. The number of aryl methyl sites for hydroxylation is 1. The van der Waals surface area contributed by atoms with Gasteiger partial charge in [0.15, 0.2) is 8.83 Å². The molecular formula is C10H9ClO3Si. The van der Waals surface area contributed by atoms with E-state index in [1.807, 2.05) is 13.8 Å². The van der Waals surface area contributed by atoms with Crippen LogP contribution in [0.2, 0.25) is 0 Å². The van der Waals surface area contributed by atoms with Crippen LogP contribution in [0.15, 0.2) is 6.07 Å². The molecule has 0 radical (unpaired) electrons. The van der Waals surface area contributed by atoms with E-state index in [2.05, 4.69) is 4.74 Å². The Kier molecular flexibility index (Phi) is 2.40. The largest absolute Gasteiger partial charge is 0.386 e. The van der Waals surface area contributed by atoms with Gasteiger partial charge < -0.3 is 4.74 Å². The summed E-state index contributed by atoms with van der Waals surface area (Å²) in [6, 6.07) is 1.70. The molecule has 1 aromatic rings. The smallest absolute Gasteiger partial charge is 0.346 e. The van der Waals surface area contributed by atoms with Crippen LogP contribution in [-0.2, 0) is 4.74 Å². The lowest BCUT2D eigenvalue weighted by Crippen LogP contribution is -2.23. The van der Waals surface area contributed by atoms with E-state index in [-0.39, 0.29) is 0 Å². The van der Waals surface area contributed by atoms with E-state index in [1.165, 1.54) is 0 Å². The first-order valence-electron chi connectivity index (χ1n) is 4.51. The van der Waals surface area contributed by atoms with Gasteiger partial charge in [0, 0.05) is 0 Å². The van der Waals surface area contributed by atoms with Gasteiger partial charge in [0.25, 0.3) is 0 Å². The van der Waals surface area contributed by atoms with Crippen molar-refractivity contribution in [1.82, 2.24) is 0 Å². The number of fused-ring (bicyclic) bond motifs is 1. The molecule has 0 atom stereocenters. The van der Waals surface area contributed by atoms with Gasteiger partial charge >= 0.3 is 11.9 Å². The highest BCUT2D eigenvalue weighted by Crippen LogP contribution is 2.21. The summed E-state index contributed by atoms with van der Waals surface area (Å²) in [4.78, 5) is 22.8. The molecule has 1 aromatic carbocycles. The minimum Gasteiger partial charge on any atom is -0.386 e. The maximum absolute atomic E-state index is 11.4. The average molecular weight is 241 g/mol. The lowest BCUT2D eigenvalue weighted by atomic mass is 10.0. The standard InChI is InChI=1S/C10H9ClO3Si/c1-4-3-6-7(8(15-11)5(4)2)10(13)14-9(6)12/h3H,15H2,1-2H3. The molecule has 78 valence electrons. The van der Waals surface area contributed by atoms with Gasteiger partial charge in [0.05, 0.1) is 11.1 Å². The minimum atomic E-state index is -1.02. The van der Waals surface area contributed by atoms with Gasteiger partial charge in [-0.1, -0.05) is 0 Å². The molecule has 5 heteroatoms. The zero-order valence-electron chi connectivity index (χ0n) is 8.39. The van der Waals surface area contributed by atoms with Crippen LogP contribution in [0.5, 0.6) is 0 Å². The first kappa shape index (κ1) is 10.4. The summed E-state index contributed by atoms with van der Waals surface area (Å²) >= 11 is 5.92. The normalized spacial score (nSPS) is 14.9. The van der Waals surface area contributed by atoms with Crippen molar-refractivity contribution in [2.45, 2.75) is 13.8 Å². The van der Waals surface area contributed by atoms with Crippen molar-refractivity contribution < 1.29 is 14.3 Å². The molecule has 1 aliphatic heterocycles. The highest BCUT2D eigenvalue weighted by atomic mass is 35.6. The lowest BCUT2D eigenvalue weighted by Gasteiger charge is -2.08. The Hall–Kier alpha value is -1.13. The Labute approximate surface area is 93.9 Å². The van der Waals surface area contributed by atoms with Crippen molar-refractivity contribution in [3.63, 3.8) is 0 Å². The monoisotopic (exact) mass is 240 g/mol. The van der Waals surface area contributed by atoms with Crippen molar-refractivity contribution >= 4 is 37.0 Å². The van der Waals surface area contributed by atoms with Crippen LogP contribution >= 0.6 is 11.1 Å². The number of carbonyl (C=O) groups excluding carboxylic acids is 2. The fraction of sp³-hybridized carbons (Fsp3) is 0.200. The van der Waals surface area contributed by atoms with Crippen molar-refractivity contribution in [3.05, 3.63) is 28.3 Å². The van der Waals surface area contributed by atoms with E-state index in [0.717, 1.165) is 16.3 Å². The second-order valence-electron chi connectivity index (χ2n) is 3.53. The van der Waals surface area contributed by atoms with Crippen molar-refractivity contribution in [3.8, 4) is 0 Å². The maximum Gasteiger partial charge on any atom is 0.346 e. The third kappa shape index (κ3) is 1.41. The summed E-state index contributed by atoms with van der Waals surface area (Å²) in [5, 5.41) is 0.836. The Balaban J connectivity index is 2.81. The van der Waals surface area contributed by atoms with Crippen molar-refractivity contribution in [1.29, 1.82) is 0 Å². The van der Waals surface area contributed by atoms with E-state index in [0.29, 0.717) is 11.1 Å². The van der Waals surface area contributed by atoms with Crippen LogP contribution in [-0.4, -0.2) is 20.8 Å². The number of ether oxygens (including phenoxy) is 1. The molecule has 0 spiro atoms. The van der Waals surface area contributed by atoms with Gasteiger partial charge in [-0.25, -0.2) is 9.59 Å². The van der Waals surface area contributed by atoms with Crippen LogP contribution in [0, 0.1) is 13.8 Å². The van der Waals surface area contributed by atoms with E-state index in [1.54, 1.807) is 6.07 Å². The number of hydrogen-bond acceptors (Lipinski definition) is 3. The Morgan fingerprint density at radius 2 is 1.93 bits per heavy atom. The third-order valence-electron chi connectivity index (χ3n) is 2.72. The molecule has 0 fully saturated rings. The fourth-order valence-electron chi connectivity index (χ4n) is 1.74. The first-order valence-corrected chi connectivity index (χ1v) is 7.36. The number of halogens is 1. The number of hydrogen-bond donors (Lipinski definition) is 0. The van der Waals surface area contributed by atoms with Gasteiger partial charge in [-0.15, -0.1) is 0 Å². The number of carbonyl (C=O) groups is 2. The lowest BCUT2D eigenvalue weighted by molar-refractivity contribution is 0.0444. The van der Waals surface area contributed by atoms with E-state index in [4.69, 9.17) is 11.1 Å². The molecule has 0 saturated carbocycles. The van der Waals surface area contributed by atoms with Gasteiger partial charge in [0.1, 0.15) is 0 Å². The molecule has 0 aliphatic carbocycles. The highest BCUT2D eigenvalue weighted by Gasteiger charge is 2.33. The average Bonchev–Trinajstić information content (AvgIpc) is 2.45. The summed E-state index contributed by atoms with van der Waals surface area (Å²) in [7, 11) is -1.02. The van der Waals surface area contributed by atoms with Gasteiger partial charge in [-0.05, 0) is 36.2 Å². The maximum atomic E-state index is 11.4. The van der Waals surface area contributed by atoms with Crippen molar-refractivity contribution in [2.75, 3.05) is 0 Å². The number of rotatable bonds is 1. The quantitative estimate of drug-likeness (QED) is 0.312. The summed E-state index contributed by atoms with van der Waals surface area (Å²) in [5.74, 6) is -1.11. The van der Waals surface area contributed by atoms with Gasteiger partial charge in [-0.3, -0.25) is 0 Å². The predicted octanol–water partition coefficient (Wildman–Crippen LogP) is 0.562. The molecule has 2 rings (SSSR count). The SMILES string of the molecule is Cc1cc2c(c([SiH2]Cl)c1C)C(=O)OC2=O. The van der Waals surface area contributed by atoms with Crippen LogP contribution < -0.4 is 5.19 Å². The summed E-state index contributed by atoms with van der Waals surface area (Å²) in [6.07, 6.45) is 0. The summed E-state index contributed by atoms with van der Waals surface area (Å²) < 4.78 is 4.57. The third-order valence-corrected chi connectivity index (χ3v) is 4.67. The zero-order valence-corrected chi connectivity index (χ0v) is 10.6. The molecule has 0 N–H and O–H groups in total. The van der Waals surface area contributed by atoms with Crippen LogP contribution in [0.4, 0.5) is 0 Å². The number of cyclic esters (lactones) is 2. The number of esters is 2.